The fourth-order valence-corrected chi connectivity index (χ4v) is 3.30. The Hall–Kier alpha value is -0.0300. The Labute approximate surface area is 123 Å². The van der Waals surface area contributed by atoms with Crippen LogP contribution in [0.25, 0.3) is 0 Å². The van der Waals surface area contributed by atoms with Crippen molar-refractivity contribution in [1.29, 1.82) is 0 Å². The van der Waals surface area contributed by atoms with Crippen LogP contribution in [0.1, 0.15) is 31.9 Å². The van der Waals surface area contributed by atoms with Gasteiger partial charge in [-0.3, -0.25) is 0 Å². The van der Waals surface area contributed by atoms with E-state index in [0.717, 1.165) is 29.8 Å². The second kappa shape index (κ2) is 8.97. The third-order valence-electron chi connectivity index (χ3n) is 2.69. The summed E-state index contributed by atoms with van der Waals surface area (Å²) in [4.78, 5) is 1.33. The van der Waals surface area contributed by atoms with Gasteiger partial charge in [0.15, 0.2) is 0 Å². The monoisotopic (exact) mass is 331 g/mol. The van der Waals surface area contributed by atoms with Gasteiger partial charge in [-0.25, -0.2) is 0 Å². The fourth-order valence-electron chi connectivity index (χ4n) is 1.70. The molecule has 0 aliphatic carbocycles. The van der Waals surface area contributed by atoms with Crippen molar-refractivity contribution in [3.05, 3.63) is 28.2 Å². The van der Waals surface area contributed by atoms with Gasteiger partial charge in [0, 0.05) is 28.3 Å². The lowest BCUT2D eigenvalue weighted by atomic mass is 10.1. The highest BCUT2D eigenvalue weighted by Gasteiger charge is 2.10. The van der Waals surface area contributed by atoms with Gasteiger partial charge >= 0.3 is 0 Å². The molecular weight excluding hydrogens is 310 g/mol. The molecule has 1 N–H and O–H groups in total. The third kappa shape index (κ3) is 5.31. The number of rotatable bonds is 8. The highest BCUT2D eigenvalue weighted by atomic mass is 79.9. The SMILES string of the molecule is CCCNC(C)c1ccc(Br)cc1SCCOC. The summed E-state index contributed by atoms with van der Waals surface area (Å²) in [6.07, 6.45) is 1.16. The molecule has 0 amide bonds. The average molecular weight is 332 g/mol. The maximum atomic E-state index is 5.11. The van der Waals surface area contributed by atoms with Crippen LogP contribution < -0.4 is 5.32 Å². The van der Waals surface area contributed by atoms with Crippen molar-refractivity contribution in [2.75, 3.05) is 26.0 Å². The summed E-state index contributed by atoms with van der Waals surface area (Å²) < 4.78 is 6.24. The normalized spacial score (nSPS) is 12.7. The van der Waals surface area contributed by atoms with Crippen LogP contribution in [0.5, 0.6) is 0 Å². The molecule has 1 aromatic rings. The van der Waals surface area contributed by atoms with Gasteiger partial charge < -0.3 is 10.1 Å². The lowest BCUT2D eigenvalue weighted by Crippen LogP contribution is -2.19. The topological polar surface area (TPSA) is 21.3 Å². The first-order valence-corrected chi connectivity index (χ1v) is 8.11. The van der Waals surface area contributed by atoms with Gasteiger partial charge in [-0.2, -0.15) is 0 Å². The van der Waals surface area contributed by atoms with E-state index in [1.165, 1.54) is 10.5 Å². The van der Waals surface area contributed by atoms with E-state index in [4.69, 9.17) is 4.74 Å². The van der Waals surface area contributed by atoms with Crippen LogP contribution in [-0.4, -0.2) is 26.0 Å². The van der Waals surface area contributed by atoms with Crippen molar-refractivity contribution in [1.82, 2.24) is 5.32 Å². The minimum absolute atomic E-state index is 0.392. The molecule has 1 aromatic carbocycles. The van der Waals surface area contributed by atoms with Crippen LogP contribution in [0.3, 0.4) is 0 Å². The Kier molecular flexibility index (Phi) is 7.98. The molecule has 1 unspecified atom stereocenters. The lowest BCUT2D eigenvalue weighted by Gasteiger charge is -2.18. The molecule has 1 atom stereocenters. The van der Waals surface area contributed by atoms with Crippen LogP contribution >= 0.6 is 27.7 Å². The highest BCUT2D eigenvalue weighted by molar-refractivity contribution is 9.10. The molecule has 0 spiro atoms. The maximum Gasteiger partial charge on any atom is 0.0556 e. The molecule has 0 heterocycles. The Morgan fingerprint density at radius 1 is 1.44 bits per heavy atom. The molecule has 102 valence electrons. The van der Waals surface area contributed by atoms with Crippen molar-refractivity contribution in [3.63, 3.8) is 0 Å². The molecule has 0 bridgehead atoms. The summed E-state index contributed by atoms with van der Waals surface area (Å²) in [6.45, 7) is 6.25. The summed E-state index contributed by atoms with van der Waals surface area (Å²) in [7, 11) is 1.74. The van der Waals surface area contributed by atoms with Gasteiger partial charge in [-0.1, -0.05) is 28.9 Å². The molecule has 2 nitrogen and oxygen atoms in total. The van der Waals surface area contributed by atoms with Gasteiger partial charge in [0.25, 0.3) is 0 Å². The summed E-state index contributed by atoms with van der Waals surface area (Å²) in [6, 6.07) is 6.90. The van der Waals surface area contributed by atoms with Crippen LogP contribution in [0.2, 0.25) is 0 Å². The van der Waals surface area contributed by atoms with E-state index < -0.39 is 0 Å². The van der Waals surface area contributed by atoms with Crippen LogP contribution in [0.15, 0.2) is 27.6 Å². The molecule has 0 aliphatic rings. The van der Waals surface area contributed by atoms with E-state index in [1.807, 2.05) is 11.8 Å². The first kappa shape index (κ1) is 16.0. The second-order valence-electron chi connectivity index (χ2n) is 4.20. The Morgan fingerprint density at radius 3 is 2.89 bits per heavy atom. The highest BCUT2D eigenvalue weighted by Crippen LogP contribution is 2.30. The van der Waals surface area contributed by atoms with Crippen LogP contribution in [-0.2, 0) is 4.74 Å². The van der Waals surface area contributed by atoms with E-state index in [0.29, 0.717) is 6.04 Å². The van der Waals surface area contributed by atoms with Crippen molar-refractivity contribution in [2.24, 2.45) is 0 Å². The Bertz CT molecular complexity index is 360. The second-order valence-corrected chi connectivity index (χ2v) is 6.25. The number of nitrogens with one attached hydrogen (secondary N) is 1. The molecule has 1 rings (SSSR count). The van der Waals surface area contributed by atoms with Crippen molar-refractivity contribution >= 4 is 27.7 Å². The Morgan fingerprint density at radius 2 is 2.22 bits per heavy atom. The smallest absolute Gasteiger partial charge is 0.0556 e. The molecule has 0 saturated heterocycles. The van der Waals surface area contributed by atoms with Crippen molar-refractivity contribution < 1.29 is 4.74 Å². The molecule has 0 fully saturated rings. The molecule has 0 saturated carbocycles. The number of ether oxygens (including phenoxy) is 1. The summed E-state index contributed by atoms with van der Waals surface area (Å²) in [5.41, 5.74) is 1.37. The number of thioether (sulfide) groups is 1. The Balaban J connectivity index is 2.74. The number of hydrogen-bond acceptors (Lipinski definition) is 3. The van der Waals surface area contributed by atoms with E-state index in [-0.39, 0.29) is 0 Å². The zero-order valence-electron chi connectivity index (χ0n) is 11.3. The number of benzene rings is 1. The van der Waals surface area contributed by atoms with Crippen molar-refractivity contribution in [2.45, 2.75) is 31.2 Å². The molecular formula is C14H22BrNOS. The molecule has 18 heavy (non-hydrogen) atoms. The van der Waals surface area contributed by atoms with Gasteiger partial charge in [0.2, 0.25) is 0 Å². The predicted molar refractivity (Wildman–Crippen MR) is 83.5 cm³/mol. The standard InChI is InChI=1S/C14H22BrNOS/c1-4-7-16-11(2)13-6-5-12(15)10-14(13)18-9-8-17-3/h5-6,10-11,16H,4,7-9H2,1-3H3. The molecule has 4 heteroatoms. The minimum atomic E-state index is 0.392. The largest absolute Gasteiger partial charge is 0.384 e. The van der Waals surface area contributed by atoms with Gasteiger partial charge in [-0.15, -0.1) is 11.8 Å². The third-order valence-corrected chi connectivity index (χ3v) is 4.22. The number of halogens is 1. The number of hydrogen-bond donors (Lipinski definition) is 1. The fraction of sp³-hybridized carbons (Fsp3) is 0.571. The molecule has 0 aromatic heterocycles. The summed E-state index contributed by atoms with van der Waals surface area (Å²) in [5, 5.41) is 3.54. The first-order chi connectivity index (χ1) is 8.69. The average Bonchev–Trinajstić information content (AvgIpc) is 2.36. The van der Waals surface area contributed by atoms with Gasteiger partial charge in [0.05, 0.1) is 6.61 Å². The maximum absolute atomic E-state index is 5.11. The molecule has 0 radical (unpaired) electrons. The van der Waals surface area contributed by atoms with E-state index in [1.54, 1.807) is 7.11 Å². The zero-order chi connectivity index (χ0) is 13.4. The number of methoxy groups -OCH3 is 1. The van der Waals surface area contributed by atoms with E-state index in [9.17, 15) is 0 Å². The lowest BCUT2D eigenvalue weighted by molar-refractivity contribution is 0.218. The predicted octanol–water partition coefficient (Wildman–Crippen LogP) is 4.25. The van der Waals surface area contributed by atoms with Crippen molar-refractivity contribution in [3.8, 4) is 0 Å². The van der Waals surface area contributed by atoms with Crippen LogP contribution in [0, 0.1) is 0 Å². The van der Waals surface area contributed by atoms with Gasteiger partial charge in [-0.05, 0) is 37.6 Å². The quantitative estimate of drug-likeness (QED) is 0.568. The summed E-state index contributed by atoms with van der Waals surface area (Å²) >= 11 is 5.39. The zero-order valence-corrected chi connectivity index (χ0v) is 13.7. The first-order valence-electron chi connectivity index (χ1n) is 6.33. The molecule has 0 aliphatic heterocycles. The van der Waals surface area contributed by atoms with E-state index >= 15 is 0 Å². The summed E-state index contributed by atoms with van der Waals surface area (Å²) in [5.74, 6) is 0.987. The van der Waals surface area contributed by atoms with E-state index in [2.05, 4.69) is 53.3 Å². The van der Waals surface area contributed by atoms with Crippen LogP contribution in [0.4, 0.5) is 0 Å². The van der Waals surface area contributed by atoms with Gasteiger partial charge in [0.1, 0.15) is 0 Å². The minimum Gasteiger partial charge on any atom is -0.384 e.